The molecule has 1 heterocycles. The zero-order valence-electron chi connectivity index (χ0n) is 6.51. The highest BCUT2D eigenvalue weighted by Crippen LogP contribution is 2.03. The van der Waals surface area contributed by atoms with E-state index >= 15 is 0 Å². The highest BCUT2D eigenvalue weighted by molar-refractivity contribution is 5.87. The lowest BCUT2D eigenvalue weighted by molar-refractivity contribution is -0.496. The number of pyridine rings is 1. The molecule has 0 atom stereocenters. The van der Waals surface area contributed by atoms with E-state index in [9.17, 15) is 14.9 Å². The minimum absolute atomic E-state index is 0.0423. The Bertz CT molecular complexity index is 350. The largest absolute Gasteiger partial charge is 0.478 e. The van der Waals surface area contributed by atoms with E-state index in [4.69, 9.17) is 5.11 Å². The van der Waals surface area contributed by atoms with Crippen molar-refractivity contribution in [2.75, 3.05) is 0 Å². The second kappa shape index (κ2) is 3.61. The van der Waals surface area contributed by atoms with Crippen LogP contribution in [-0.4, -0.2) is 21.0 Å². The van der Waals surface area contributed by atoms with Crippen LogP contribution in [0.25, 0.3) is 0 Å². The van der Waals surface area contributed by atoms with Gasteiger partial charge in [0.1, 0.15) is 0 Å². The first-order chi connectivity index (χ1) is 6.09. The van der Waals surface area contributed by atoms with Gasteiger partial charge in [0.05, 0.1) is 5.56 Å². The second-order valence-electron chi connectivity index (χ2n) is 2.38. The van der Waals surface area contributed by atoms with E-state index < -0.39 is 17.4 Å². The van der Waals surface area contributed by atoms with Crippen molar-refractivity contribution in [3.05, 3.63) is 39.7 Å². The molecule has 0 saturated carbocycles. The van der Waals surface area contributed by atoms with Crippen LogP contribution in [0.1, 0.15) is 15.9 Å². The van der Waals surface area contributed by atoms with Crippen molar-refractivity contribution in [2.24, 2.45) is 0 Å². The zero-order chi connectivity index (χ0) is 9.84. The van der Waals surface area contributed by atoms with Gasteiger partial charge in [0.15, 0.2) is 0 Å². The van der Waals surface area contributed by atoms with Crippen LogP contribution in [0.3, 0.4) is 0 Å². The number of rotatable bonds is 3. The van der Waals surface area contributed by atoms with Crippen LogP contribution in [-0.2, 0) is 6.54 Å². The maximum atomic E-state index is 10.4. The van der Waals surface area contributed by atoms with Crippen LogP contribution >= 0.6 is 0 Å². The van der Waals surface area contributed by atoms with E-state index in [1.165, 1.54) is 12.3 Å². The van der Waals surface area contributed by atoms with E-state index in [0.717, 1.165) is 6.20 Å². The summed E-state index contributed by atoms with van der Waals surface area (Å²) in [7, 11) is 0. The third-order valence-corrected chi connectivity index (χ3v) is 1.35. The van der Waals surface area contributed by atoms with Crippen LogP contribution < -0.4 is 0 Å². The maximum absolute atomic E-state index is 10.4. The number of hydrogen-bond donors (Lipinski definition) is 1. The Balaban J connectivity index is 2.91. The highest BCUT2D eigenvalue weighted by atomic mass is 16.6. The molecule has 0 amide bonds. The lowest BCUT2D eigenvalue weighted by atomic mass is 10.2. The van der Waals surface area contributed by atoms with E-state index in [1.54, 1.807) is 0 Å². The fraction of sp³-hybridized carbons (Fsp3) is 0.143. The smallest absolute Gasteiger partial charge is 0.337 e. The molecule has 1 N–H and O–H groups in total. The molecule has 0 aliphatic carbocycles. The van der Waals surface area contributed by atoms with Crippen LogP contribution in [0.2, 0.25) is 0 Å². The van der Waals surface area contributed by atoms with E-state index in [0.29, 0.717) is 0 Å². The van der Waals surface area contributed by atoms with Gasteiger partial charge in [0.25, 0.3) is 0 Å². The molecule has 1 aromatic rings. The van der Waals surface area contributed by atoms with E-state index in [1.807, 2.05) is 0 Å². The third-order valence-electron chi connectivity index (χ3n) is 1.35. The Morgan fingerprint density at radius 3 is 2.85 bits per heavy atom. The van der Waals surface area contributed by atoms with Crippen molar-refractivity contribution < 1.29 is 14.8 Å². The van der Waals surface area contributed by atoms with Crippen LogP contribution in [0.5, 0.6) is 0 Å². The standard InChI is InChI=1S/C7H6N2O4/c10-7(11)6-1-5(2-8-3-6)4-9(12)13/h1-3H,4H2,(H,10,11). The highest BCUT2D eigenvalue weighted by Gasteiger charge is 2.07. The predicted molar refractivity (Wildman–Crippen MR) is 41.9 cm³/mol. The van der Waals surface area contributed by atoms with Crippen molar-refractivity contribution in [1.82, 2.24) is 4.98 Å². The van der Waals surface area contributed by atoms with Gasteiger partial charge in [-0.1, -0.05) is 0 Å². The molecule has 13 heavy (non-hydrogen) atoms. The Kier molecular flexibility index (Phi) is 2.53. The number of hydrogen-bond acceptors (Lipinski definition) is 4. The summed E-state index contributed by atoms with van der Waals surface area (Å²) in [6.45, 7) is -0.409. The molecule has 0 bridgehead atoms. The predicted octanol–water partition coefficient (Wildman–Crippen LogP) is 0.556. The lowest BCUT2D eigenvalue weighted by Gasteiger charge is -1.96. The van der Waals surface area contributed by atoms with Crippen molar-refractivity contribution in [2.45, 2.75) is 6.54 Å². The molecule has 1 rings (SSSR count). The van der Waals surface area contributed by atoms with Crippen LogP contribution in [0.4, 0.5) is 0 Å². The maximum Gasteiger partial charge on any atom is 0.337 e. The number of carbonyl (C=O) groups is 1. The summed E-state index contributed by atoms with van der Waals surface area (Å²) in [6.07, 6.45) is 2.42. The number of aromatic nitrogens is 1. The summed E-state index contributed by atoms with van der Waals surface area (Å²) in [5, 5.41) is 18.6. The molecule has 6 heteroatoms. The molecule has 0 aromatic carbocycles. The molecular formula is C7H6N2O4. The second-order valence-corrected chi connectivity index (χ2v) is 2.38. The van der Waals surface area contributed by atoms with Gasteiger partial charge < -0.3 is 5.11 Å². The lowest BCUT2D eigenvalue weighted by Crippen LogP contribution is -2.02. The van der Waals surface area contributed by atoms with Gasteiger partial charge in [-0.05, 0) is 6.07 Å². The molecule has 0 fully saturated rings. The number of carboxylic acid groups (broad SMARTS) is 1. The molecular weight excluding hydrogens is 176 g/mol. The summed E-state index contributed by atoms with van der Waals surface area (Å²) in [4.78, 5) is 23.5. The summed E-state index contributed by atoms with van der Waals surface area (Å²) in [5.74, 6) is -1.14. The first-order valence-corrected chi connectivity index (χ1v) is 3.38. The third kappa shape index (κ3) is 2.51. The van der Waals surface area contributed by atoms with Crippen molar-refractivity contribution >= 4 is 5.97 Å². The van der Waals surface area contributed by atoms with Gasteiger partial charge >= 0.3 is 5.97 Å². The topological polar surface area (TPSA) is 93.3 Å². The first-order valence-electron chi connectivity index (χ1n) is 3.38. The Hall–Kier alpha value is -1.98. The number of aromatic carboxylic acids is 1. The summed E-state index contributed by atoms with van der Waals surface area (Å²) in [5.41, 5.74) is 0.240. The molecule has 68 valence electrons. The number of nitro groups is 1. The molecule has 0 aliphatic rings. The zero-order valence-corrected chi connectivity index (χ0v) is 6.51. The van der Waals surface area contributed by atoms with Gasteiger partial charge in [-0.2, -0.15) is 0 Å². The van der Waals surface area contributed by atoms with Crippen molar-refractivity contribution in [3.63, 3.8) is 0 Å². The molecule has 6 nitrogen and oxygen atoms in total. The normalized spacial score (nSPS) is 9.54. The Morgan fingerprint density at radius 2 is 2.31 bits per heavy atom. The van der Waals surface area contributed by atoms with Gasteiger partial charge in [0.2, 0.25) is 6.54 Å². The minimum atomic E-state index is -1.14. The van der Waals surface area contributed by atoms with Gasteiger partial charge in [0, 0.05) is 22.9 Å². The summed E-state index contributed by atoms with van der Waals surface area (Å²) in [6, 6.07) is 1.23. The average molecular weight is 182 g/mol. The first kappa shape index (κ1) is 9.11. The number of nitrogens with zero attached hydrogens (tertiary/aromatic N) is 2. The van der Waals surface area contributed by atoms with Gasteiger partial charge in [-0.25, -0.2) is 4.79 Å². The summed E-state index contributed by atoms with van der Waals surface area (Å²) < 4.78 is 0. The molecule has 0 spiro atoms. The Morgan fingerprint density at radius 1 is 1.62 bits per heavy atom. The van der Waals surface area contributed by atoms with Crippen LogP contribution in [0.15, 0.2) is 18.5 Å². The molecule has 0 unspecified atom stereocenters. The quantitative estimate of drug-likeness (QED) is 0.544. The molecule has 0 radical (unpaired) electrons. The molecule has 0 saturated heterocycles. The van der Waals surface area contributed by atoms with Crippen molar-refractivity contribution in [3.8, 4) is 0 Å². The monoisotopic (exact) mass is 182 g/mol. The number of carboxylic acids is 1. The SMILES string of the molecule is O=C(O)c1cncc(C[N+](=O)[O-])c1. The molecule has 0 aliphatic heterocycles. The van der Waals surface area contributed by atoms with Crippen molar-refractivity contribution in [1.29, 1.82) is 0 Å². The minimum Gasteiger partial charge on any atom is -0.478 e. The fourth-order valence-corrected chi connectivity index (χ4v) is 0.840. The van der Waals surface area contributed by atoms with Gasteiger partial charge in [-0.15, -0.1) is 0 Å². The molecule has 1 aromatic heterocycles. The van der Waals surface area contributed by atoms with E-state index in [-0.39, 0.29) is 11.1 Å². The van der Waals surface area contributed by atoms with E-state index in [2.05, 4.69) is 4.98 Å². The van der Waals surface area contributed by atoms with Crippen LogP contribution in [0, 0.1) is 10.1 Å². The summed E-state index contributed by atoms with van der Waals surface area (Å²) >= 11 is 0. The average Bonchev–Trinajstić information content (AvgIpc) is 2.03. The fourth-order valence-electron chi connectivity index (χ4n) is 0.840. The van der Waals surface area contributed by atoms with Gasteiger partial charge in [-0.3, -0.25) is 15.1 Å². The Labute approximate surface area is 73.0 Å².